The first-order valence-corrected chi connectivity index (χ1v) is 4.68. The number of rotatable bonds is 4. The van der Waals surface area contributed by atoms with Crippen LogP contribution in [-0.2, 0) is 11.3 Å². The van der Waals surface area contributed by atoms with E-state index in [4.69, 9.17) is 5.73 Å². The van der Waals surface area contributed by atoms with Crippen LogP contribution in [0.4, 0.5) is 0 Å². The zero-order valence-corrected chi connectivity index (χ0v) is 8.51. The molecule has 1 aromatic carbocycles. The highest BCUT2D eigenvalue weighted by atomic mass is 32.1. The van der Waals surface area contributed by atoms with Crippen LogP contribution in [0.25, 0.3) is 0 Å². The Morgan fingerprint density at radius 1 is 1.36 bits per heavy atom. The molecule has 3 nitrogen and oxygen atoms in total. The molecule has 0 radical (unpaired) electrons. The minimum atomic E-state index is -0.138. The summed E-state index contributed by atoms with van der Waals surface area (Å²) in [6.07, 6.45) is 0.113. The van der Waals surface area contributed by atoms with Crippen molar-refractivity contribution in [3.63, 3.8) is 0 Å². The number of carbonyl (C=O) groups excluding carboxylic acids is 1. The molecule has 0 aromatic heterocycles. The first kappa shape index (κ1) is 10.7. The van der Waals surface area contributed by atoms with Gasteiger partial charge >= 0.3 is 0 Å². The van der Waals surface area contributed by atoms with E-state index < -0.39 is 0 Å². The standard InChI is InChI=1S/C10H12N2OS/c11-9(14)6-10(13)12-7-8-4-2-1-3-5-8/h1-5H,6-7H2,(H2,11,14)(H,12,13). The van der Waals surface area contributed by atoms with Gasteiger partial charge in [0.25, 0.3) is 0 Å². The van der Waals surface area contributed by atoms with Gasteiger partial charge in [-0.1, -0.05) is 42.5 Å². The minimum absolute atomic E-state index is 0.113. The maximum Gasteiger partial charge on any atom is 0.227 e. The molecule has 0 atom stereocenters. The lowest BCUT2D eigenvalue weighted by molar-refractivity contribution is -0.120. The molecule has 0 saturated heterocycles. The predicted molar refractivity (Wildman–Crippen MR) is 59.7 cm³/mol. The molecule has 74 valence electrons. The summed E-state index contributed by atoms with van der Waals surface area (Å²) < 4.78 is 0. The number of nitrogens with two attached hydrogens (primary N) is 1. The van der Waals surface area contributed by atoms with Crippen LogP contribution < -0.4 is 11.1 Å². The third kappa shape index (κ3) is 4.00. The normalized spacial score (nSPS) is 9.43. The second-order valence-electron chi connectivity index (χ2n) is 2.91. The molecule has 0 aliphatic rings. The molecule has 0 bridgehead atoms. The molecule has 0 unspecified atom stereocenters. The summed E-state index contributed by atoms with van der Waals surface area (Å²) >= 11 is 4.62. The van der Waals surface area contributed by atoms with Gasteiger partial charge in [-0.25, -0.2) is 0 Å². The van der Waals surface area contributed by atoms with Crippen molar-refractivity contribution in [2.45, 2.75) is 13.0 Å². The number of hydrogen-bond donors (Lipinski definition) is 2. The lowest BCUT2D eigenvalue weighted by Crippen LogP contribution is -2.27. The molecular formula is C10H12N2OS. The first-order valence-electron chi connectivity index (χ1n) is 4.27. The molecule has 1 aromatic rings. The van der Waals surface area contributed by atoms with Crippen LogP contribution in [-0.4, -0.2) is 10.9 Å². The van der Waals surface area contributed by atoms with Crippen molar-refractivity contribution in [3.8, 4) is 0 Å². The Morgan fingerprint density at radius 3 is 2.57 bits per heavy atom. The van der Waals surface area contributed by atoms with E-state index in [1.165, 1.54) is 0 Å². The summed E-state index contributed by atoms with van der Waals surface area (Å²) in [5.74, 6) is -0.138. The average Bonchev–Trinajstić information content (AvgIpc) is 2.15. The summed E-state index contributed by atoms with van der Waals surface area (Å²) in [6.45, 7) is 0.516. The van der Waals surface area contributed by atoms with Gasteiger partial charge in [0, 0.05) is 6.54 Å². The molecule has 1 amide bonds. The lowest BCUT2D eigenvalue weighted by Gasteiger charge is -2.03. The van der Waals surface area contributed by atoms with E-state index in [9.17, 15) is 4.79 Å². The van der Waals surface area contributed by atoms with Gasteiger partial charge < -0.3 is 11.1 Å². The van der Waals surface area contributed by atoms with Crippen LogP contribution in [0.2, 0.25) is 0 Å². The second-order valence-corrected chi connectivity index (χ2v) is 3.43. The van der Waals surface area contributed by atoms with Gasteiger partial charge in [0.05, 0.1) is 11.4 Å². The Labute approximate surface area is 88.3 Å². The summed E-state index contributed by atoms with van der Waals surface area (Å²) in [6, 6.07) is 9.67. The van der Waals surface area contributed by atoms with Crippen LogP contribution in [0.1, 0.15) is 12.0 Å². The highest BCUT2D eigenvalue weighted by Gasteiger charge is 2.01. The van der Waals surface area contributed by atoms with Gasteiger partial charge in [-0.3, -0.25) is 4.79 Å². The largest absolute Gasteiger partial charge is 0.393 e. The number of carbonyl (C=O) groups is 1. The van der Waals surface area contributed by atoms with Gasteiger partial charge in [0.1, 0.15) is 0 Å². The molecule has 0 aliphatic heterocycles. The number of amides is 1. The van der Waals surface area contributed by atoms with Crippen molar-refractivity contribution in [2.75, 3.05) is 0 Å². The molecule has 0 spiro atoms. The van der Waals surface area contributed by atoms with E-state index in [0.29, 0.717) is 6.54 Å². The third-order valence-corrected chi connectivity index (χ3v) is 1.81. The number of nitrogens with one attached hydrogen (secondary N) is 1. The summed E-state index contributed by atoms with van der Waals surface area (Å²) in [5, 5.41) is 2.72. The molecular weight excluding hydrogens is 196 g/mol. The SMILES string of the molecule is NC(=S)CC(=O)NCc1ccccc1. The smallest absolute Gasteiger partial charge is 0.227 e. The van der Waals surface area contributed by atoms with Crippen molar-refractivity contribution in [1.82, 2.24) is 5.32 Å². The van der Waals surface area contributed by atoms with Crippen LogP contribution in [0.15, 0.2) is 30.3 Å². The van der Waals surface area contributed by atoms with E-state index in [0.717, 1.165) is 5.56 Å². The van der Waals surface area contributed by atoms with E-state index in [-0.39, 0.29) is 17.3 Å². The summed E-state index contributed by atoms with van der Waals surface area (Å²) in [7, 11) is 0. The molecule has 4 heteroatoms. The van der Waals surface area contributed by atoms with Gasteiger partial charge in [0.2, 0.25) is 5.91 Å². The van der Waals surface area contributed by atoms with E-state index in [1.807, 2.05) is 30.3 Å². The van der Waals surface area contributed by atoms with Crippen LogP contribution in [0, 0.1) is 0 Å². The Kier molecular flexibility index (Phi) is 4.07. The highest BCUT2D eigenvalue weighted by Crippen LogP contribution is 1.97. The fourth-order valence-electron chi connectivity index (χ4n) is 1.02. The van der Waals surface area contributed by atoms with Gasteiger partial charge in [0.15, 0.2) is 0 Å². The zero-order valence-electron chi connectivity index (χ0n) is 7.69. The van der Waals surface area contributed by atoms with Crippen molar-refractivity contribution >= 4 is 23.1 Å². The highest BCUT2D eigenvalue weighted by molar-refractivity contribution is 7.80. The molecule has 1 rings (SSSR count). The average molecular weight is 208 g/mol. The maximum absolute atomic E-state index is 11.1. The van der Waals surface area contributed by atoms with Crippen molar-refractivity contribution in [3.05, 3.63) is 35.9 Å². The Morgan fingerprint density at radius 2 is 2.00 bits per heavy atom. The number of benzene rings is 1. The van der Waals surface area contributed by atoms with Crippen LogP contribution >= 0.6 is 12.2 Å². The van der Waals surface area contributed by atoms with E-state index >= 15 is 0 Å². The molecule has 14 heavy (non-hydrogen) atoms. The fraction of sp³-hybridized carbons (Fsp3) is 0.200. The predicted octanol–water partition coefficient (Wildman–Crippen LogP) is 0.979. The van der Waals surface area contributed by atoms with Gasteiger partial charge in [-0.2, -0.15) is 0 Å². The van der Waals surface area contributed by atoms with Gasteiger partial charge in [-0.15, -0.1) is 0 Å². The number of hydrogen-bond acceptors (Lipinski definition) is 2. The quantitative estimate of drug-likeness (QED) is 0.725. The Bertz CT molecular complexity index is 324. The lowest BCUT2D eigenvalue weighted by atomic mass is 10.2. The Hall–Kier alpha value is -1.42. The van der Waals surface area contributed by atoms with Crippen molar-refractivity contribution in [2.24, 2.45) is 5.73 Å². The molecule has 0 heterocycles. The number of thiocarbonyl (C=S) groups is 1. The van der Waals surface area contributed by atoms with E-state index in [1.54, 1.807) is 0 Å². The Balaban J connectivity index is 2.34. The van der Waals surface area contributed by atoms with Crippen molar-refractivity contribution in [1.29, 1.82) is 0 Å². The van der Waals surface area contributed by atoms with Gasteiger partial charge in [-0.05, 0) is 5.56 Å². The summed E-state index contributed by atoms with van der Waals surface area (Å²) in [4.78, 5) is 11.4. The van der Waals surface area contributed by atoms with Crippen LogP contribution in [0.5, 0.6) is 0 Å². The topological polar surface area (TPSA) is 55.1 Å². The van der Waals surface area contributed by atoms with E-state index in [2.05, 4.69) is 17.5 Å². The molecule has 0 aliphatic carbocycles. The molecule has 0 fully saturated rings. The monoisotopic (exact) mass is 208 g/mol. The molecule has 3 N–H and O–H groups in total. The third-order valence-electron chi connectivity index (χ3n) is 1.67. The maximum atomic E-state index is 11.1. The zero-order chi connectivity index (χ0) is 10.4. The van der Waals surface area contributed by atoms with Crippen LogP contribution in [0.3, 0.4) is 0 Å². The van der Waals surface area contributed by atoms with Crippen molar-refractivity contribution < 1.29 is 4.79 Å². The summed E-state index contributed by atoms with van der Waals surface area (Å²) in [5.41, 5.74) is 6.29. The fourth-order valence-corrected chi connectivity index (χ4v) is 1.15. The minimum Gasteiger partial charge on any atom is -0.393 e. The second kappa shape index (κ2) is 5.34. The molecule has 0 saturated carbocycles. The first-order chi connectivity index (χ1) is 6.68.